The minimum Gasteiger partial charge on any atom is -0.319 e. The smallest absolute Gasteiger partial charge is 0.256 e. The van der Waals surface area contributed by atoms with Gasteiger partial charge in [0.2, 0.25) is 5.91 Å². The molecule has 0 spiro atoms. The number of fused-ring (bicyclic) bond motifs is 1. The van der Waals surface area contributed by atoms with Gasteiger partial charge >= 0.3 is 0 Å². The molecule has 0 radical (unpaired) electrons. The van der Waals surface area contributed by atoms with Crippen molar-refractivity contribution in [2.45, 2.75) is 11.3 Å². The molecular weight excluding hydrogens is 387 g/mol. The van der Waals surface area contributed by atoms with Crippen LogP contribution < -0.4 is 10.2 Å². The summed E-state index contributed by atoms with van der Waals surface area (Å²) < 4.78 is 13.8. The Labute approximate surface area is 172 Å². The lowest BCUT2D eigenvalue weighted by Gasteiger charge is -2.17. The number of rotatable bonds is 5. The lowest BCUT2D eigenvalue weighted by molar-refractivity contribution is -0.116. The number of nitrogens with zero attached hydrogens (tertiary/aromatic N) is 1. The predicted molar refractivity (Wildman–Crippen MR) is 114 cm³/mol. The Bertz CT molecular complexity index is 1070. The Hall–Kier alpha value is -3.12. The van der Waals surface area contributed by atoms with Crippen LogP contribution in [0.15, 0.2) is 77.7 Å². The minimum atomic E-state index is -0.492. The Kier molecular flexibility index (Phi) is 5.62. The second kappa shape index (κ2) is 8.49. The number of hydrogen-bond donors (Lipinski definition) is 1. The van der Waals surface area contributed by atoms with Crippen molar-refractivity contribution in [2.24, 2.45) is 0 Å². The zero-order valence-corrected chi connectivity index (χ0v) is 16.4. The maximum absolute atomic E-state index is 13.8. The van der Waals surface area contributed by atoms with Gasteiger partial charge in [-0.25, -0.2) is 4.39 Å². The Balaban J connectivity index is 1.46. The number of hydrogen-bond acceptors (Lipinski definition) is 3. The van der Waals surface area contributed by atoms with Crippen LogP contribution in [0.4, 0.5) is 15.8 Å². The maximum atomic E-state index is 13.8. The molecule has 146 valence electrons. The van der Waals surface area contributed by atoms with Gasteiger partial charge in [-0.15, -0.1) is 11.8 Å². The summed E-state index contributed by atoms with van der Waals surface area (Å²) in [6, 6.07) is 21.0. The Morgan fingerprint density at radius 1 is 0.966 bits per heavy atom. The summed E-state index contributed by atoms with van der Waals surface area (Å²) in [6.07, 6.45) is 0.855. The zero-order valence-electron chi connectivity index (χ0n) is 15.6. The van der Waals surface area contributed by atoms with Crippen LogP contribution in [0.5, 0.6) is 0 Å². The minimum absolute atomic E-state index is 0.00395. The van der Waals surface area contributed by atoms with Gasteiger partial charge < -0.3 is 10.2 Å². The highest BCUT2D eigenvalue weighted by Crippen LogP contribution is 2.30. The largest absolute Gasteiger partial charge is 0.319 e. The van der Waals surface area contributed by atoms with Gasteiger partial charge in [-0.2, -0.15) is 0 Å². The van der Waals surface area contributed by atoms with Crippen molar-refractivity contribution in [3.05, 3.63) is 89.7 Å². The van der Waals surface area contributed by atoms with Crippen LogP contribution in [0.25, 0.3) is 0 Å². The molecule has 1 aliphatic heterocycles. The second-order valence-corrected chi connectivity index (χ2v) is 7.66. The third-order valence-corrected chi connectivity index (χ3v) is 5.85. The molecule has 0 atom stereocenters. The van der Waals surface area contributed by atoms with E-state index in [4.69, 9.17) is 0 Å². The molecule has 0 aromatic heterocycles. The van der Waals surface area contributed by atoms with Gasteiger partial charge in [0.05, 0.1) is 17.0 Å². The highest BCUT2D eigenvalue weighted by atomic mass is 32.2. The summed E-state index contributed by atoms with van der Waals surface area (Å²) in [5.41, 5.74) is 2.68. The molecule has 0 bridgehead atoms. The Morgan fingerprint density at radius 2 is 1.69 bits per heavy atom. The first-order valence-corrected chi connectivity index (χ1v) is 10.3. The molecule has 1 heterocycles. The lowest BCUT2D eigenvalue weighted by atomic mass is 10.2. The quantitative estimate of drug-likeness (QED) is 0.622. The van der Waals surface area contributed by atoms with Crippen LogP contribution in [0.2, 0.25) is 0 Å². The highest BCUT2D eigenvalue weighted by Gasteiger charge is 2.24. The van der Waals surface area contributed by atoms with Crippen molar-refractivity contribution in [3.8, 4) is 0 Å². The summed E-state index contributed by atoms with van der Waals surface area (Å²) in [6.45, 7) is 0.675. The maximum Gasteiger partial charge on any atom is 0.256 e. The molecule has 1 N–H and O–H groups in total. The summed E-state index contributed by atoms with van der Waals surface area (Å²) in [4.78, 5) is 27.9. The van der Waals surface area contributed by atoms with E-state index in [9.17, 15) is 14.0 Å². The first kappa shape index (κ1) is 19.2. The van der Waals surface area contributed by atoms with Crippen molar-refractivity contribution < 1.29 is 14.0 Å². The molecule has 0 fully saturated rings. The molecule has 0 saturated heterocycles. The number of carbonyl (C=O) groups is 2. The van der Waals surface area contributed by atoms with E-state index >= 15 is 0 Å². The molecule has 0 unspecified atom stereocenters. The third-order valence-electron chi connectivity index (χ3n) is 4.79. The molecule has 0 aliphatic carbocycles. The summed E-state index contributed by atoms with van der Waals surface area (Å²) in [7, 11) is 0. The number of carbonyl (C=O) groups excluding carboxylic acids is 2. The number of anilines is 2. The summed E-state index contributed by atoms with van der Waals surface area (Å²) in [5, 5.41) is 2.60. The number of benzene rings is 3. The highest BCUT2D eigenvalue weighted by molar-refractivity contribution is 8.00. The molecule has 2 amide bonds. The molecule has 4 nitrogen and oxygen atoms in total. The summed E-state index contributed by atoms with van der Waals surface area (Å²) >= 11 is 1.31. The van der Waals surface area contributed by atoms with Gasteiger partial charge in [-0.05, 0) is 42.3 Å². The fourth-order valence-electron chi connectivity index (χ4n) is 3.35. The monoisotopic (exact) mass is 406 g/mol. The fourth-order valence-corrected chi connectivity index (χ4v) is 4.27. The first-order valence-electron chi connectivity index (χ1n) is 9.29. The van der Waals surface area contributed by atoms with Crippen LogP contribution in [0, 0.1) is 5.82 Å². The van der Waals surface area contributed by atoms with E-state index in [1.807, 2.05) is 30.3 Å². The van der Waals surface area contributed by atoms with Gasteiger partial charge in [0.25, 0.3) is 5.91 Å². The van der Waals surface area contributed by atoms with Crippen LogP contribution in [0.1, 0.15) is 15.9 Å². The average Bonchev–Trinajstić information content (AvgIpc) is 3.18. The van der Waals surface area contributed by atoms with E-state index in [1.165, 1.54) is 29.5 Å². The average molecular weight is 406 g/mol. The van der Waals surface area contributed by atoms with Crippen LogP contribution >= 0.6 is 11.8 Å². The van der Waals surface area contributed by atoms with E-state index < -0.39 is 11.7 Å². The lowest BCUT2D eigenvalue weighted by Crippen LogP contribution is -2.30. The Morgan fingerprint density at radius 3 is 2.55 bits per heavy atom. The number of halogens is 1. The number of nitrogens with one attached hydrogen (secondary N) is 1. The van der Waals surface area contributed by atoms with E-state index in [1.54, 1.807) is 35.2 Å². The van der Waals surface area contributed by atoms with E-state index in [0.29, 0.717) is 17.0 Å². The zero-order chi connectivity index (χ0) is 20.2. The third kappa shape index (κ3) is 4.17. The molecule has 1 aliphatic rings. The van der Waals surface area contributed by atoms with E-state index in [2.05, 4.69) is 5.32 Å². The number of amides is 2. The number of thioether (sulfide) groups is 1. The van der Waals surface area contributed by atoms with Crippen LogP contribution in [0.3, 0.4) is 0 Å². The number of para-hydroxylation sites is 2. The molecule has 4 rings (SSSR count). The van der Waals surface area contributed by atoms with E-state index in [0.717, 1.165) is 12.1 Å². The fraction of sp³-hybridized carbons (Fsp3) is 0.130. The topological polar surface area (TPSA) is 49.4 Å². The van der Waals surface area contributed by atoms with Crippen molar-refractivity contribution in [1.29, 1.82) is 0 Å². The molecule has 0 saturated carbocycles. The molecular formula is C23H19FN2O2S. The standard InChI is InChI=1S/C23H19FN2O2S/c24-18-9-3-4-10-19(18)25-23(28)17-8-2-6-12-21(17)29-15-22(27)26-14-13-16-7-1-5-11-20(16)26/h1-12H,13-15H2,(H,25,28). The molecule has 3 aromatic carbocycles. The van der Waals surface area contributed by atoms with Gasteiger partial charge in [-0.3, -0.25) is 9.59 Å². The van der Waals surface area contributed by atoms with Crippen LogP contribution in [-0.2, 0) is 11.2 Å². The van der Waals surface area contributed by atoms with Gasteiger partial charge in [-0.1, -0.05) is 42.5 Å². The SMILES string of the molecule is O=C(Nc1ccccc1F)c1ccccc1SCC(=O)N1CCc2ccccc21. The summed E-state index contributed by atoms with van der Waals surface area (Å²) in [5.74, 6) is -0.673. The van der Waals surface area contributed by atoms with Crippen molar-refractivity contribution in [2.75, 3.05) is 22.5 Å². The first-order chi connectivity index (χ1) is 14.1. The van der Waals surface area contributed by atoms with Gasteiger partial charge in [0, 0.05) is 17.1 Å². The molecule has 6 heteroatoms. The normalized spacial score (nSPS) is 12.5. The van der Waals surface area contributed by atoms with Gasteiger partial charge in [0.15, 0.2) is 0 Å². The predicted octanol–water partition coefficient (Wildman–Crippen LogP) is 4.76. The van der Waals surface area contributed by atoms with E-state index in [-0.39, 0.29) is 17.3 Å². The van der Waals surface area contributed by atoms with Crippen LogP contribution in [-0.4, -0.2) is 24.1 Å². The van der Waals surface area contributed by atoms with Crippen molar-refractivity contribution in [1.82, 2.24) is 0 Å². The van der Waals surface area contributed by atoms with Crippen molar-refractivity contribution in [3.63, 3.8) is 0 Å². The van der Waals surface area contributed by atoms with Gasteiger partial charge in [0.1, 0.15) is 5.82 Å². The molecule has 3 aromatic rings. The molecule has 29 heavy (non-hydrogen) atoms. The van der Waals surface area contributed by atoms with Crippen molar-refractivity contribution >= 4 is 35.0 Å². The second-order valence-electron chi connectivity index (χ2n) is 6.64.